The summed E-state index contributed by atoms with van der Waals surface area (Å²) in [5, 5.41) is 28.1. The van der Waals surface area contributed by atoms with Crippen LogP contribution in [0.1, 0.15) is 30.5 Å². The van der Waals surface area contributed by atoms with Gasteiger partial charge >= 0.3 is 0 Å². The van der Waals surface area contributed by atoms with Crippen molar-refractivity contribution in [3.05, 3.63) is 81.4 Å². The van der Waals surface area contributed by atoms with Gasteiger partial charge in [-0.2, -0.15) is 5.11 Å². The second-order valence-corrected chi connectivity index (χ2v) is 6.80. The third-order valence-electron chi connectivity index (χ3n) is 4.40. The van der Waals surface area contributed by atoms with Gasteiger partial charge in [0, 0.05) is 12.1 Å². The van der Waals surface area contributed by atoms with Crippen molar-refractivity contribution < 1.29 is 9.66 Å². The highest BCUT2D eigenvalue weighted by molar-refractivity contribution is 5.64. The van der Waals surface area contributed by atoms with Gasteiger partial charge in [-0.15, -0.1) is 15.3 Å². The molecule has 0 aliphatic heterocycles. The molecule has 32 heavy (non-hydrogen) atoms. The van der Waals surface area contributed by atoms with E-state index in [1.165, 1.54) is 13.2 Å². The molecule has 0 heterocycles. The van der Waals surface area contributed by atoms with Crippen LogP contribution in [0.2, 0.25) is 0 Å². The van der Waals surface area contributed by atoms with Crippen molar-refractivity contribution in [2.45, 2.75) is 34.6 Å². The molecule has 3 aromatic carbocycles. The van der Waals surface area contributed by atoms with Crippen molar-refractivity contribution >= 4 is 28.4 Å². The summed E-state index contributed by atoms with van der Waals surface area (Å²) in [4.78, 5) is 10.8. The summed E-state index contributed by atoms with van der Waals surface area (Å²) < 4.78 is 5.41. The molecule has 0 atom stereocenters. The molecule has 8 nitrogen and oxygen atoms in total. The molecule has 0 amide bonds. The minimum Gasteiger partial charge on any atom is -0.494 e. The molecule has 0 spiro atoms. The van der Waals surface area contributed by atoms with Crippen LogP contribution in [0.3, 0.4) is 0 Å². The lowest BCUT2D eigenvalue weighted by Gasteiger charge is -2.07. The van der Waals surface area contributed by atoms with Crippen LogP contribution in [-0.2, 0) is 0 Å². The van der Waals surface area contributed by atoms with Gasteiger partial charge < -0.3 is 4.74 Å². The smallest absolute Gasteiger partial charge is 0.296 e. The number of nitro benzene ring substituents is 1. The second-order valence-electron chi connectivity index (χ2n) is 6.80. The number of rotatable bonds is 6. The van der Waals surface area contributed by atoms with Crippen LogP contribution < -0.4 is 4.74 Å². The first-order chi connectivity index (χ1) is 15.4. The van der Waals surface area contributed by atoms with E-state index in [4.69, 9.17) is 4.74 Å². The Balaban J connectivity index is 0.00000176. The van der Waals surface area contributed by atoms with E-state index >= 15 is 0 Å². The Hall–Kier alpha value is -3.94. The molecular weight excluding hydrogens is 406 g/mol. The van der Waals surface area contributed by atoms with Gasteiger partial charge in [0.1, 0.15) is 11.4 Å². The molecule has 0 fully saturated rings. The van der Waals surface area contributed by atoms with Gasteiger partial charge in [0.2, 0.25) is 0 Å². The number of methoxy groups -OCH3 is 1. The summed E-state index contributed by atoms with van der Waals surface area (Å²) in [7, 11) is 1.53. The van der Waals surface area contributed by atoms with Crippen LogP contribution in [0, 0.1) is 30.9 Å². The van der Waals surface area contributed by atoms with Gasteiger partial charge in [-0.1, -0.05) is 37.6 Å². The molecule has 0 aliphatic rings. The minimum atomic E-state index is -0.469. The lowest BCUT2D eigenvalue weighted by molar-refractivity contribution is -0.384. The van der Waals surface area contributed by atoms with E-state index in [0.717, 1.165) is 22.4 Å². The number of ether oxygens (including phenoxy) is 1. The first kappa shape index (κ1) is 24.3. The molecule has 0 saturated carbocycles. The van der Waals surface area contributed by atoms with E-state index in [-0.39, 0.29) is 11.4 Å². The number of benzene rings is 3. The molecule has 0 saturated heterocycles. The van der Waals surface area contributed by atoms with Crippen LogP contribution in [0.4, 0.5) is 28.4 Å². The van der Waals surface area contributed by atoms with Crippen LogP contribution in [0.15, 0.2) is 75.1 Å². The van der Waals surface area contributed by atoms with E-state index in [9.17, 15) is 10.1 Å². The predicted octanol–water partition coefficient (Wildman–Crippen LogP) is 8.39. The number of azo groups is 2. The minimum absolute atomic E-state index is 0.0908. The fourth-order valence-electron chi connectivity index (χ4n) is 2.71. The molecule has 0 unspecified atom stereocenters. The predicted molar refractivity (Wildman–Crippen MR) is 126 cm³/mol. The Morgan fingerprint density at radius 3 is 1.97 bits per heavy atom. The third kappa shape index (κ3) is 6.28. The fourth-order valence-corrected chi connectivity index (χ4v) is 2.71. The topological polar surface area (TPSA) is 102 Å². The standard InChI is InChI=1S/C22H21N5O3.C2H6/c1-14-5-8-17(9-6-14)23-26-20-12-16(3)19(13-22(20)30-4)25-24-18-10-7-15(2)11-21(18)27(28)29;1-2/h5-13H,1-4H3;1-2H3. The van der Waals surface area contributed by atoms with Crippen molar-refractivity contribution in [2.75, 3.05) is 7.11 Å². The zero-order chi connectivity index (χ0) is 23.7. The molecule has 3 aromatic rings. The molecule has 0 bridgehead atoms. The fraction of sp³-hybridized carbons (Fsp3) is 0.250. The maximum Gasteiger partial charge on any atom is 0.296 e. The van der Waals surface area contributed by atoms with E-state index in [1.54, 1.807) is 31.2 Å². The Bertz CT molecular complexity index is 1140. The van der Waals surface area contributed by atoms with Crippen molar-refractivity contribution in [2.24, 2.45) is 20.5 Å². The zero-order valence-electron chi connectivity index (χ0n) is 19.2. The first-order valence-corrected chi connectivity index (χ1v) is 10.2. The van der Waals surface area contributed by atoms with Gasteiger partial charge in [0.05, 0.1) is 23.4 Å². The maximum absolute atomic E-state index is 11.3. The van der Waals surface area contributed by atoms with Gasteiger partial charge in [-0.3, -0.25) is 10.1 Å². The summed E-state index contributed by atoms with van der Waals surface area (Å²) >= 11 is 0. The van der Waals surface area contributed by atoms with Crippen LogP contribution in [0.5, 0.6) is 5.75 Å². The Kier molecular flexibility index (Phi) is 8.71. The number of hydrogen-bond donors (Lipinski definition) is 0. The van der Waals surface area contributed by atoms with E-state index in [1.807, 2.05) is 52.0 Å². The number of nitrogens with zero attached hydrogens (tertiary/aromatic N) is 5. The monoisotopic (exact) mass is 433 g/mol. The molecule has 0 N–H and O–H groups in total. The van der Waals surface area contributed by atoms with Crippen molar-refractivity contribution in [3.63, 3.8) is 0 Å². The van der Waals surface area contributed by atoms with Gasteiger partial charge in [0.25, 0.3) is 5.69 Å². The molecular formula is C24H27N5O3. The maximum atomic E-state index is 11.3. The summed E-state index contributed by atoms with van der Waals surface area (Å²) in [5.74, 6) is 0.476. The molecule has 0 radical (unpaired) electrons. The highest BCUT2D eigenvalue weighted by Gasteiger charge is 2.14. The highest BCUT2D eigenvalue weighted by atomic mass is 16.6. The molecule has 166 valence electrons. The van der Waals surface area contributed by atoms with E-state index in [2.05, 4.69) is 20.5 Å². The molecule has 0 aliphatic carbocycles. The lowest BCUT2D eigenvalue weighted by Crippen LogP contribution is -1.89. The van der Waals surface area contributed by atoms with Crippen molar-refractivity contribution in [1.29, 1.82) is 0 Å². The normalized spacial score (nSPS) is 10.8. The first-order valence-electron chi connectivity index (χ1n) is 10.2. The summed E-state index contributed by atoms with van der Waals surface area (Å²) in [6.07, 6.45) is 0. The Morgan fingerprint density at radius 2 is 1.34 bits per heavy atom. The second kappa shape index (κ2) is 11.5. The Morgan fingerprint density at radius 1 is 0.750 bits per heavy atom. The third-order valence-corrected chi connectivity index (χ3v) is 4.40. The highest BCUT2D eigenvalue weighted by Crippen LogP contribution is 2.37. The SMILES string of the molecule is CC.COc1cc(N=Nc2ccc(C)cc2[N+](=O)[O-])c(C)cc1N=Nc1ccc(C)cc1. The average molecular weight is 434 g/mol. The van der Waals surface area contributed by atoms with Crippen molar-refractivity contribution in [1.82, 2.24) is 0 Å². The van der Waals surface area contributed by atoms with Crippen LogP contribution in [-0.4, -0.2) is 12.0 Å². The average Bonchev–Trinajstić information content (AvgIpc) is 2.79. The summed E-state index contributed by atoms with van der Waals surface area (Å²) in [6, 6.07) is 16.0. The number of nitro groups is 1. The number of aryl methyl sites for hydroxylation is 3. The van der Waals surface area contributed by atoms with Gasteiger partial charge in [-0.25, -0.2) is 0 Å². The quantitative estimate of drug-likeness (QED) is 0.221. The zero-order valence-corrected chi connectivity index (χ0v) is 19.2. The largest absolute Gasteiger partial charge is 0.494 e. The summed E-state index contributed by atoms with van der Waals surface area (Å²) in [6.45, 7) is 9.64. The van der Waals surface area contributed by atoms with Crippen LogP contribution >= 0.6 is 0 Å². The van der Waals surface area contributed by atoms with E-state index in [0.29, 0.717) is 17.1 Å². The van der Waals surface area contributed by atoms with E-state index < -0.39 is 4.92 Å². The summed E-state index contributed by atoms with van der Waals surface area (Å²) in [5.41, 5.74) is 4.61. The van der Waals surface area contributed by atoms with Gasteiger partial charge in [0.15, 0.2) is 5.69 Å². The Labute approximate surface area is 187 Å². The lowest BCUT2D eigenvalue weighted by atomic mass is 10.1. The van der Waals surface area contributed by atoms with Gasteiger partial charge in [-0.05, 0) is 56.2 Å². The van der Waals surface area contributed by atoms with Crippen molar-refractivity contribution in [3.8, 4) is 5.75 Å². The molecule has 0 aromatic heterocycles. The molecule has 3 rings (SSSR count). The number of hydrogen-bond acceptors (Lipinski definition) is 7. The van der Waals surface area contributed by atoms with Crippen LogP contribution in [0.25, 0.3) is 0 Å². The molecule has 8 heteroatoms.